The largest absolute Gasteiger partial charge is 0.353 e. The Morgan fingerprint density at radius 3 is 2.53 bits per heavy atom. The first-order valence-electron chi connectivity index (χ1n) is 6.27. The van der Waals surface area contributed by atoms with E-state index >= 15 is 0 Å². The molecule has 1 saturated heterocycles. The molecule has 2 N–H and O–H groups in total. The van der Waals surface area contributed by atoms with Gasteiger partial charge in [-0.15, -0.1) is 0 Å². The Kier molecular flexibility index (Phi) is 3.62. The molecule has 2 aliphatic rings. The standard InChI is InChI=1S/C12H22N2O/c1-9-2-4-11(5-3-9)14-12(15)10-6-7-13-8-10/h9-11,13H,2-8H2,1H3,(H,14,15). The third-order valence-electron chi connectivity index (χ3n) is 3.79. The summed E-state index contributed by atoms with van der Waals surface area (Å²) in [6.45, 7) is 4.17. The first-order chi connectivity index (χ1) is 7.25. The van der Waals surface area contributed by atoms with Crippen molar-refractivity contribution in [3.8, 4) is 0 Å². The Morgan fingerprint density at radius 2 is 1.93 bits per heavy atom. The van der Waals surface area contributed by atoms with E-state index in [1.807, 2.05) is 0 Å². The molecule has 86 valence electrons. The van der Waals surface area contributed by atoms with Crippen LogP contribution in [0.5, 0.6) is 0 Å². The molecular formula is C12H22N2O. The van der Waals surface area contributed by atoms with Gasteiger partial charge in [0.2, 0.25) is 5.91 Å². The number of hydrogen-bond donors (Lipinski definition) is 2. The van der Waals surface area contributed by atoms with Gasteiger partial charge < -0.3 is 10.6 Å². The molecule has 0 spiro atoms. The zero-order valence-electron chi connectivity index (χ0n) is 9.59. The smallest absolute Gasteiger partial charge is 0.224 e. The van der Waals surface area contributed by atoms with Crippen LogP contribution >= 0.6 is 0 Å². The molecule has 3 nitrogen and oxygen atoms in total. The molecule has 1 atom stereocenters. The lowest BCUT2D eigenvalue weighted by molar-refractivity contribution is -0.125. The molecule has 2 fully saturated rings. The van der Waals surface area contributed by atoms with E-state index in [2.05, 4.69) is 17.6 Å². The van der Waals surface area contributed by atoms with E-state index in [-0.39, 0.29) is 11.8 Å². The molecule has 1 aliphatic heterocycles. The number of rotatable bonds is 2. The highest BCUT2D eigenvalue weighted by molar-refractivity contribution is 5.79. The summed E-state index contributed by atoms with van der Waals surface area (Å²) in [6, 6.07) is 0.453. The van der Waals surface area contributed by atoms with Crippen LogP contribution in [0.15, 0.2) is 0 Å². The predicted molar refractivity (Wildman–Crippen MR) is 60.5 cm³/mol. The van der Waals surface area contributed by atoms with Gasteiger partial charge in [0.05, 0.1) is 5.92 Å². The Labute approximate surface area is 92.0 Å². The zero-order chi connectivity index (χ0) is 10.7. The number of carbonyl (C=O) groups excluding carboxylic acids is 1. The van der Waals surface area contributed by atoms with Crippen molar-refractivity contribution in [1.82, 2.24) is 10.6 Å². The monoisotopic (exact) mass is 210 g/mol. The lowest BCUT2D eigenvalue weighted by Gasteiger charge is -2.27. The molecule has 15 heavy (non-hydrogen) atoms. The summed E-state index contributed by atoms with van der Waals surface area (Å²) >= 11 is 0. The maximum absolute atomic E-state index is 11.8. The number of nitrogens with one attached hydrogen (secondary N) is 2. The fourth-order valence-electron chi connectivity index (χ4n) is 2.60. The van der Waals surface area contributed by atoms with Gasteiger partial charge in [0.1, 0.15) is 0 Å². The molecule has 0 radical (unpaired) electrons. The van der Waals surface area contributed by atoms with E-state index in [9.17, 15) is 4.79 Å². The summed E-state index contributed by atoms with van der Waals surface area (Å²) in [4.78, 5) is 11.8. The van der Waals surface area contributed by atoms with Gasteiger partial charge in [0.25, 0.3) is 0 Å². The SMILES string of the molecule is CC1CCC(NC(=O)C2CCNC2)CC1. The van der Waals surface area contributed by atoms with Crippen LogP contribution in [0.25, 0.3) is 0 Å². The van der Waals surface area contributed by atoms with Gasteiger partial charge in [-0.05, 0) is 44.6 Å². The number of amides is 1. The maximum Gasteiger partial charge on any atom is 0.224 e. The van der Waals surface area contributed by atoms with Crippen LogP contribution < -0.4 is 10.6 Å². The molecule has 3 heteroatoms. The highest BCUT2D eigenvalue weighted by atomic mass is 16.2. The Hall–Kier alpha value is -0.570. The lowest BCUT2D eigenvalue weighted by Crippen LogP contribution is -2.41. The second kappa shape index (κ2) is 4.97. The molecule has 0 aromatic rings. The van der Waals surface area contributed by atoms with Crippen LogP contribution in [0.2, 0.25) is 0 Å². The van der Waals surface area contributed by atoms with E-state index < -0.39 is 0 Å². The van der Waals surface area contributed by atoms with Crippen LogP contribution in [0.3, 0.4) is 0 Å². The van der Waals surface area contributed by atoms with Crippen molar-refractivity contribution >= 4 is 5.91 Å². The Bertz CT molecular complexity index is 216. The molecular weight excluding hydrogens is 188 g/mol. The van der Waals surface area contributed by atoms with Crippen molar-refractivity contribution < 1.29 is 4.79 Å². The predicted octanol–water partition coefficient (Wildman–Crippen LogP) is 1.29. The summed E-state index contributed by atoms with van der Waals surface area (Å²) in [5, 5.41) is 6.44. The second-order valence-corrected chi connectivity index (χ2v) is 5.16. The Balaban J connectivity index is 1.74. The number of hydrogen-bond acceptors (Lipinski definition) is 2. The zero-order valence-corrected chi connectivity index (χ0v) is 9.59. The fraction of sp³-hybridized carbons (Fsp3) is 0.917. The molecule has 1 aliphatic carbocycles. The van der Waals surface area contributed by atoms with Crippen LogP contribution in [-0.4, -0.2) is 25.0 Å². The van der Waals surface area contributed by atoms with E-state index in [0.717, 1.165) is 25.4 Å². The van der Waals surface area contributed by atoms with Crippen molar-refractivity contribution in [1.29, 1.82) is 0 Å². The average Bonchev–Trinajstić information content (AvgIpc) is 2.74. The Morgan fingerprint density at radius 1 is 1.20 bits per heavy atom. The molecule has 2 rings (SSSR count). The van der Waals surface area contributed by atoms with Crippen LogP contribution in [0, 0.1) is 11.8 Å². The lowest BCUT2D eigenvalue weighted by atomic mass is 9.87. The summed E-state index contributed by atoms with van der Waals surface area (Å²) in [5.41, 5.74) is 0. The molecule has 0 aromatic heterocycles. The summed E-state index contributed by atoms with van der Waals surface area (Å²) in [7, 11) is 0. The van der Waals surface area contributed by atoms with E-state index in [1.165, 1.54) is 25.7 Å². The van der Waals surface area contributed by atoms with Crippen LogP contribution in [-0.2, 0) is 4.79 Å². The third kappa shape index (κ3) is 2.94. The van der Waals surface area contributed by atoms with Crippen LogP contribution in [0.1, 0.15) is 39.0 Å². The van der Waals surface area contributed by atoms with Crippen molar-refractivity contribution in [3.05, 3.63) is 0 Å². The van der Waals surface area contributed by atoms with E-state index in [4.69, 9.17) is 0 Å². The van der Waals surface area contributed by atoms with E-state index in [0.29, 0.717) is 6.04 Å². The third-order valence-corrected chi connectivity index (χ3v) is 3.79. The molecule has 1 heterocycles. The molecule has 1 unspecified atom stereocenters. The minimum absolute atomic E-state index is 0.226. The van der Waals surface area contributed by atoms with Gasteiger partial charge >= 0.3 is 0 Å². The minimum atomic E-state index is 0.226. The second-order valence-electron chi connectivity index (χ2n) is 5.16. The van der Waals surface area contributed by atoms with Gasteiger partial charge in [0, 0.05) is 12.6 Å². The first kappa shape index (κ1) is 10.9. The topological polar surface area (TPSA) is 41.1 Å². The molecule has 1 amide bonds. The fourth-order valence-corrected chi connectivity index (χ4v) is 2.60. The summed E-state index contributed by atoms with van der Waals surface area (Å²) in [5.74, 6) is 1.36. The van der Waals surface area contributed by atoms with Gasteiger partial charge in [-0.1, -0.05) is 6.92 Å². The van der Waals surface area contributed by atoms with Gasteiger partial charge in [-0.25, -0.2) is 0 Å². The van der Waals surface area contributed by atoms with Gasteiger partial charge in [-0.3, -0.25) is 4.79 Å². The highest BCUT2D eigenvalue weighted by Gasteiger charge is 2.26. The molecule has 0 bridgehead atoms. The van der Waals surface area contributed by atoms with Crippen molar-refractivity contribution in [2.24, 2.45) is 11.8 Å². The number of carbonyl (C=O) groups is 1. The van der Waals surface area contributed by atoms with Crippen molar-refractivity contribution in [2.45, 2.75) is 45.1 Å². The first-order valence-corrected chi connectivity index (χ1v) is 6.27. The highest BCUT2D eigenvalue weighted by Crippen LogP contribution is 2.23. The van der Waals surface area contributed by atoms with Crippen molar-refractivity contribution in [3.63, 3.8) is 0 Å². The van der Waals surface area contributed by atoms with Gasteiger partial charge in [0.15, 0.2) is 0 Å². The normalized spacial score (nSPS) is 36.5. The molecule has 0 aromatic carbocycles. The van der Waals surface area contributed by atoms with Crippen LogP contribution in [0.4, 0.5) is 0 Å². The quantitative estimate of drug-likeness (QED) is 0.721. The minimum Gasteiger partial charge on any atom is -0.353 e. The average molecular weight is 210 g/mol. The maximum atomic E-state index is 11.8. The summed E-state index contributed by atoms with van der Waals surface area (Å²) in [6.07, 6.45) is 5.90. The van der Waals surface area contributed by atoms with Gasteiger partial charge in [-0.2, -0.15) is 0 Å². The van der Waals surface area contributed by atoms with E-state index in [1.54, 1.807) is 0 Å². The molecule has 1 saturated carbocycles. The van der Waals surface area contributed by atoms with Crippen molar-refractivity contribution in [2.75, 3.05) is 13.1 Å². The summed E-state index contributed by atoms with van der Waals surface area (Å²) < 4.78 is 0.